The van der Waals surface area contributed by atoms with Gasteiger partial charge in [-0.3, -0.25) is 9.35 Å². The molecule has 0 rings (SSSR count). The molecule has 3 atom stereocenters. The van der Waals surface area contributed by atoms with Crippen LogP contribution in [0.25, 0.3) is 0 Å². The van der Waals surface area contributed by atoms with E-state index in [4.69, 9.17) is 0 Å². The molecule has 48 heavy (non-hydrogen) atoms. The summed E-state index contributed by atoms with van der Waals surface area (Å²) in [5, 5.41) is 23.3. The van der Waals surface area contributed by atoms with E-state index in [1.54, 1.807) is 6.08 Å². The van der Waals surface area contributed by atoms with Gasteiger partial charge in [-0.05, 0) is 44.9 Å². The van der Waals surface area contributed by atoms with Crippen LogP contribution in [0.15, 0.2) is 36.5 Å². The molecule has 0 radical (unpaired) electrons. The lowest BCUT2D eigenvalue weighted by atomic mass is 10.0. The summed E-state index contributed by atoms with van der Waals surface area (Å²) >= 11 is 0. The molecule has 0 aliphatic carbocycles. The number of amides is 1. The van der Waals surface area contributed by atoms with E-state index in [1.807, 2.05) is 0 Å². The van der Waals surface area contributed by atoms with E-state index in [0.717, 1.165) is 44.9 Å². The van der Waals surface area contributed by atoms with Crippen molar-refractivity contribution in [2.45, 2.75) is 205 Å². The predicted octanol–water partition coefficient (Wildman–Crippen LogP) is 10.3. The highest BCUT2D eigenvalue weighted by Crippen LogP contribution is 2.14. The van der Waals surface area contributed by atoms with Crippen molar-refractivity contribution in [1.82, 2.24) is 5.32 Å². The summed E-state index contributed by atoms with van der Waals surface area (Å²) in [4.78, 5) is 12.6. The molecule has 1 amide bonds. The third kappa shape index (κ3) is 33.0. The minimum absolute atomic E-state index is 0.274. The standard InChI is InChI=1S/C40H75NO6S/c1-3-5-7-9-11-13-15-17-18-19-20-21-23-25-27-29-31-33-35-39(43)40(44)41-37(36-48(45,46)47)38(42)34-32-30-28-26-24-22-16-14-12-10-8-6-4-2/h11,13,15,17,32,34,37-39,42-43H,3-10,12,14,16,18-31,33,35-36H2,1-2H3,(H,41,44)(H,45,46,47)/b13-11-,17-15-,34-32+. The second-order valence-corrected chi connectivity index (χ2v) is 15.2. The first-order valence-corrected chi connectivity index (χ1v) is 21.4. The van der Waals surface area contributed by atoms with Gasteiger partial charge in [0, 0.05) is 0 Å². The van der Waals surface area contributed by atoms with Gasteiger partial charge in [0.1, 0.15) is 6.10 Å². The van der Waals surface area contributed by atoms with Crippen LogP contribution >= 0.6 is 0 Å². The zero-order valence-corrected chi connectivity index (χ0v) is 31.8. The molecule has 0 aromatic carbocycles. The highest BCUT2D eigenvalue weighted by atomic mass is 32.2. The summed E-state index contributed by atoms with van der Waals surface area (Å²) in [6.45, 7) is 4.46. The third-order valence-corrected chi connectivity index (χ3v) is 9.73. The molecule has 0 aromatic heterocycles. The Bertz CT molecular complexity index is 917. The fourth-order valence-corrected chi connectivity index (χ4v) is 6.59. The van der Waals surface area contributed by atoms with E-state index < -0.39 is 40.0 Å². The summed E-state index contributed by atoms with van der Waals surface area (Å²) < 4.78 is 32.4. The number of carbonyl (C=O) groups is 1. The Morgan fingerprint density at radius 1 is 0.583 bits per heavy atom. The summed E-state index contributed by atoms with van der Waals surface area (Å²) in [6, 6.07) is -1.23. The molecule has 7 nitrogen and oxygen atoms in total. The fourth-order valence-electron chi connectivity index (χ4n) is 5.86. The van der Waals surface area contributed by atoms with E-state index in [2.05, 4.69) is 43.5 Å². The van der Waals surface area contributed by atoms with Gasteiger partial charge in [-0.25, -0.2) is 0 Å². The molecule has 0 heterocycles. The highest BCUT2D eigenvalue weighted by Gasteiger charge is 2.27. The van der Waals surface area contributed by atoms with Crippen molar-refractivity contribution < 1.29 is 28.0 Å². The first kappa shape index (κ1) is 46.5. The van der Waals surface area contributed by atoms with E-state index >= 15 is 0 Å². The van der Waals surface area contributed by atoms with Crippen LogP contribution in [0.3, 0.4) is 0 Å². The van der Waals surface area contributed by atoms with Gasteiger partial charge >= 0.3 is 0 Å². The van der Waals surface area contributed by atoms with Gasteiger partial charge in [-0.15, -0.1) is 0 Å². The molecule has 0 aliphatic rings. The lowest BCUT2D eigenvalue weighted by Crippen LogP contribution is -2.50. The van der Waals surface area contributed by atoms with Gasteiger partial charge in [0.15, 0.2) is 0 Å². The fraction of sp³-hybridized carbons (Fsp3) is 0.825. The smallest absolute Gasteiger partial charge is 0.267 e. The minimum Gasteiger partial charge on any atom is -0.387 e. The average Bonchev–Trinajstić information content (AvgIpc) is 3.05. The van der Waals surface area contributed by atoms with Crippen LogP contribution in [0.5, 0.6) is 0 Å². The van der Waals surface area contributed by atoms with Crippen LogP contribution in [-0.2, 0) is 14.9 Å². The lowest BCUT2D eigenvalue weighted by Gasteiger charge is -2.22. The molecule has 0 spiro atoms. The number of hydrogen-bond acceptors (Lipinski definition) is 5. The minimum atomic E-state index is -4.44. The van der Waals surface area contributed by atoms with Gasteiger partial charge in [-0.2, -0.15) is 8.42 Å². The number of hydrogen-bond donors (Lipinski definition) is 4. The quantitative estimate of drug-likeness (QED) is 0.0226. The normalized spacial score (nSPS) is 14.4. The summed E-state index contributed by atoms with van der Waals surface area (Å²) in [5.74, 6) is -1.54. The van der Waals surface area contributed by atoms with Crippen molar-refractivity contribution in [1.29, 1.82) is 0 Å². The Balaban J connectivity index is 4.06. The average molecular weight is 698 g/mol. The van der Waals surface area contributed by atoms with Gasteiger partial charge in [0.2, 0.25) is 5.91 Å². The Morgan fingerprint density at radius 3 is 1.42 bits per heavy atom. The van der Waals surface area contributed by atoms with Crippen LogP contribution < -0.4 is 5.32 Å². The molecule has 0 aliphatic heterocycles. The molecule has 0 saturated heterocycles. The number of carbonyl (C=O) groups excluding carboxylic acids is 1. The number of allylic oxidation sites excluding steroid dienone is 5. The monoisotopic (exact) mass is 698 g/mol. The number of unbranched alkanes of at least 4 members (excludes halogenated alkanes) is 23. The van der Waals surface area contributed by atoms with Gasteiger partial charge in [0.25, 0.3) is 10.1 Å². The number of aliphatic hydroxyl groups is 2. The van der Waals surface area contributed by atoms with Crippen LogP contribution in [-0.4, -0.2) is 53.1 Å². The largest absolute Gasteiger partial charge is 0.387 e. The molecule has 3 unspecified atom stereocenters. The number of rotatable bonds is 35. The molecule has 0 saturated carbocycles. The van der Waals surface area contributed by atoms with E-state index in [-0.39, 0.29) is 6.42 Å². The Kier molecular flexibility index (Phi) is 32.9. The summed E-state index contributed by atoms with van der Waals surface area (Å²) in [5.41, 5.74) is 0. The Labute approximate surface area is 296 Å². The van der Waals surface area contributed by atoms with Crippen LogP contribution in [0, 0.1) is 0 Å². The third-order valence-electron chi connectivity index (χ3n) is 8.95. The van der Waals surface area contributed by atoms with E-state index in [9.17, 15) is 28.0 Å². The molecule has 8 heteroatoms. The van der Waals surface area contributed by atoms with Gasteiger partial charge in [0.05, 0.1) is 17.9 Å². The second kappa shape index (κ2) is 34.0. The number of nitrogens with one attached hydrogen (secondary N) is 1. The van der Waals surface area contributed by atoms with Crippen molar-refractivity contribution in [3.8, 4) is 0 Å². The molecular formula is C40H75NO6S. The predicted molar refractivity (Wildman–Crippen MR) is 204 cm³/mol. The summed E-state index contributed by atoms with van der Waals surface area (Å²) in [6.07, 6.45) is 40.5. The molecule has 0 aromatic rings. The van der Waals surface area contributed by atoms with Crippen LogP contribution in [0.2, 0.25) is 0 Å². The van der Waals surface area contributed by atoms with Crippen molar-refractivity contribution >= 4 is 16.0 Å². The molecule has 4 N–H and O–H groups in total. The van der Waals surface area contributed by atoms with Crippen molar-refractivity contribution in [2.75, 3.05) is 5.75 Å². The molecular weight excluding hydrogens is 623 g/mol. The number of aliphatic hydroxyl groups excluding tert-OH is 2. The van der Waals surface area contributed by atoms with Crippen molar-refractivity contribution in [3.63, 3.8) is 0 Å². The molecule has 0 fully saturated rings. The van der Waals surface area contributed by atoms with Gasteiger partial charge in [-0.1, -0.05) is 179 Å². The maximum Gasteiger partial charge on any atom is 0.267 e. The zero-order valence-electron chi connectivity index (χ0n) is 31.0. The zero-order chi connectivity index (χ0) is 35.6. The Hall–Kier alpha value is -1.48. The SMILES string of the molecule is CCCCC/C=C\C=C/CCCCCCCCCCCC(O)C(=O)NC(CS(=O)(=O)O)C(O)/C=C/CCCCCCCCCCCCC. The first-order valence-electron chi connectivity index (χ1n) is 19.8. The summed E-state index contributed by atoms with van der Waals surface area (Å²) in [7, 11) is -4.44. The lowest BCUT2D eigenvalue weighted by molar-refractivity contribution is -0.130. The van der Waals surface area contributed by atoms with Gasteiger partial charge < -0.3 is 15.5 Å². The van der Waals surface area contributed by atoms with Crippen molar-refractivity contribution in [2.24, 2.45) is 0 Å². The second-order valence-electron chi connectivity index (χ2n) is 13.7. The maximum absolute atomic E-state index is 12.6. The Morgan fingerprint density at radius 2 is 0.958 bits per heavy atom. The van der Waals surface area contributed by atoms with Crippen molar-refractivity contribution in [3.05, 3.63) is 36.5 Å². The van der Waals surface area contributed by atoms with E-state index in [1.165, 1.54) is 122 Å². The first-order chi connectivity index (χ1) is 23.2. The van der Waals surface area contributed by atoms with E-state index in [0.29, 0.717) is 6.42 Å². The maximum atomic E-state index is 12.6. The molecule has 0 bridgehead atoms. The highest BCUT2D eigenvalue weighted by molar-refractivity contribution is 7.85. The molecule has 282 valence electrons. The topological polar surface area (TPSA) is 124 Å². The van der Waals surface area contributed by atoms with Crippen LogP contribution in [0.4, 0.5) is 0 Å². The van der Waals surface area contributed by atoms with Crippen LogP contribution in [0.1, 0.15) is 187 Å².